The van der Waals surface area contributed by atoms with Crippen LogP contribution in [0.1, 0.15) is 31.4 Å². The van der Waals surface area contributed by atoms with E-state index >= 15 is 0 Å². The Labute approximate surface area is 268 Å². The van der Waals surface area contributed by atoms with Gasteiger partial charge in [-0.05, 0) is 74.5 Å². The molecule has 0 bridgehead atoms. The minimum atomic E-state index is -0.922. The summed E-state index contributed by atoms with van der Waals surface area (Å²) < 4.78 is 19.4. The van der Waals surface area contributed by atoms with Crippen molar-refractivity contribution in [2.45, 2.75) is 19.9 Å². The minimum Gasteiger partial charge on any atom is -0.463 e. The molecule has 0 radical (unpaired) electrons. The molecule has 1 atom stereocenters. The van der Waals surface area contributed by atoms with Crippen LogP contribution >= 0.6 is 57.7 Å². The average molecular weight is 674 g/mol. The fourth-order valence-corrected chi connectivity index (χ4v) is 6.59. The van der Waals surface area contributed by atoms with E-state index in [9.17, 15) is 9.59 Å². The summed E-state index contributed by atoms with van der Waals surface area (Å²) in [6.45, 7) is 3.56. The van der Waals surface area contributed by atoms with Crippen molar-refractivity contribution in [2.75, 3.05) is 6.61 Å². The smallest absolute Gasteiger partial charge is 0.338 e. The van der Waals surface area contributed by atoms with Gasteiger partial charge in [-0.3, -0.25) is 9.36 Å². The van der Waals surface area contributed by atoms with Gasteiger partial charge in [0, 0.05) is 22.2 Å². The summed E-state index contributed by atoms with van der Waals surface area (Å²) in [5.41, 5.74) is 1.59. The Hall–Kier alpha value is -3.53. The van der Waals surface area contributed by atoms with E-state index < -0.39 is 12.0 Å². The number of carbonyl (C=O) groups excluding carboxylic acids is 1. The molecule has 6 rings (SSSR count). The number of furan rings is 2. The van der Waals surface area contributed by atoms with Crippen LogP contribution in [0.3, 0.4) is 0 Å². The van der Waals surface area contributed by atoms with E-state index in [0.717, 1.165) is 0 Å². The number of rotatable bonds is 6. The summed E-state index contributed by atoms with van der Waals surface area (Å²) in [4.78, 5) is 32.1. The highest BCUT2D eigenvalue weighted by Crippen LogP contribution is 2.36. The highest BCUT2D eigenvalue weighted by atomic mass is 35.5. The predicted molar refractivity (Wildman–Crippen MR) is 169 cm³/mol. The van der Waals surface area contributed by atoms with Crippen LogP contribution in [0.5, 0.6) is 0 Å². The van der Waals surface area contributed by atoms with Gasteiger partial charge in [-0.25, -0.2) is 9.79 Å². The summed E-state index contributed by atoms with van der Waals surface area (Å²) in [5, 5.41) is 1.72. The molecule has 1 aliphatic heterocycles. The first-order valence-corrected chi connectivity index (χ1v) is 15.3. The third-order valence-corrected chi connectivity index (χ3v) is 8.98. The van der Waals surface area contributed by atoms with E-state index in [2.05, 4.69) is 4.99 Å². The van der Waals surface area contributed by atoms with Crippen LogP contribution in [0.25, 0.3) is 28.7 Å². The van der Waals surface area contributed by atoms with Crippen molar-refractivity contribution in [3.63, 3.8) is 0 Å². The van der Waals surface area contributed by atoms with Gasteiger partial charge >= 0.3 is 5.97 Å². The number of carbonyl (C=O) groups is 1. The molecule has 4 heterocycles. The second kappa shape index (κ2) is 11.9. The average Bonchev–Trinajstić information content (AvgIpc) is 3.70. The van der Waals surface area contributed by atoms with Crippen molar-refractivity contribution in [1.29, 1.82) is 0 Å². The van der Waals surface area contributed by atoms with Crippen molar-refractivity contribution in [3.05, 3.63) is 123 Å². The maximum Gasteiger partial charge on any atom is 0.338 e. The van der Waals surface area contributed by atoms with Gasteiger partial charge in [0.25, 0.3) is 5.56 Å². The van der Waals surface area contributed by atoms with Gasteiger partial charge in [0.1, 0.15) is 29.1 Å². The van der Waals surface area contributed by atoms with Gasteiger partial charge in [-0.1, -0.05) is 57.7 Å². The lowest BCUT2D eigenvalue weighted by Crippen LogP contribution is -2.39. The number of nitrogens with zero attached hydrogens (tertiary/aromatic N) is 2. The van der Waals surface area contributed by atoms with Gasteiger partial charge in [0.15, 0.2) is 4.80 Å². The molecule has 1 aliphatic rings. The van der Waals surface area contributed by atoms with Crippen molar-refractivity contribution < 1.29 is 18.4 Å². The number of esters is 1. The van der Waals surface area contributed by atoms with Crippen LogP contribution < -0.4 is 14.9 Å². The van der Waals surface area contributed by atoms with E-state index in [1.807, 2.05) is 0 Å². The van der Waals surface area contributed by atoms with Crippen LogP contribution in [0.4, 0.5) is 0 Å². The fourth-order valence-electron chi connectivity index (χ4n) is 4.76. The topological polar surface area (TPSA) is 86.9 Å². The third-order valence-electron chi connectivity index (χ3n) is 6.71. The lowest BCUT2D eigenvalue weighted by atomic mass is 10.0. The van der Waals surface area contributed by atoms with E-state index in [0.29, 0.717) is 69.3 Å². The molecule has 12 heteroatoms. The summed E-state index contributed by atoms with van der Waals surface area (Å²) in [6, 6.07) is 16.3. The number of hydrogen-bond acceptors (Lipinski definition) is 7. The summed E-state index contributed by atoms with van der Waals surface area (Å²) in [7, 11) is 0. The molecule has 0 N–H and O–H groups in total. The Morgan fingerprint density at radius 1 is 0.977 bits per heavy atom. The van der Waals surface area contributed by atoms with Crippen molar-refractivity contribution in [2.24, 2.45) is 4.99 Å². The first-order valence-electron chi connectivity index (χ1n) is 12.9. The van der Waals surface area contributed by atoms with Crippen LogP contribution in [0.2, 0.25) is 20.1 Å². The first kappa shape index (κ1) is 29.5. The molecule has 0 fully saturated rings. The molecule has 0 aliphatic carbocycles. The summed E-state index contributed by atoms with van der Waals surface area (Å²) >= 11 is 25.9. The Morgan fingerprint density at radius 2 is 1.77 bits per heavy atom. The number of aromatic nitrogens is 1. The molecule has 0 spiro atoms. The highest BCUT2D eigenvalue weighted by Gasteiger charge is 2.35. The minimum absolute atomic E-state index is 0.151. The van der Waals surface area contributed by atoms with E-state index in [1.165, 1.54) is 15.9 Å². The van der Waals surface area contributed by atoms with Crippen molar-refractivity contribution in [3.8, 4) is 22.6 Å². The number of benzene rings is 2. The summed E-state index contributed by atoms with van der Waals surface area (Å²) in [6.07, 6.45) is 1.63. The highest BCUT2D eigenvalue weighted by molar-refractivity contribution is 7.07. The van der Waals surface area contributed by atoms with Gasteiger partial charge < -0.3 is 13.6 Å². The molecule has 43 heavy (non-hydrogen) atoms. The van der Waals surface area contributed by atoms with Gasteiger partial charge in [-0.2, -0.15) is 0 Å². The van der Waals surface area contributed by atoms with Crippen LogP contribution in [0.15, 0.2) is 90.6 Å². The Kier molecular flexibility index (Phi) is 8.15. The molecule has 218 valence electrons. The standard InChI is InChI=1S/C31H20Cl4N2O5S/c1-3-40-30(39)27-15(2)36-31-37(28(27)25-11-10-23(42-25)16-4-8-20(33)22(35)12-16)29(38)26(43-31)14-18-6-9-24(41-18)19-7-5-17(32)13-21(19)34/h4-14,28H,3H2,1-2H3/b26-14-/t28-/m1/s1. The van der Waals surface area contributed by atoms with Crippen molar-refractivity contribution in [1.82, 2.24) is 4.57 Å². The van der Waals surface area contributed by atoms with Gasteiger partial charge in [-0.15, -0.1) is 0 Å². The lowest BCUT2D eigenvalue weighted by molar-refractivity contribution is -0.139. The quantitative estimate of drug-likeness (QED) is 0.171. The first-order chi connectivity index (χ1) is 20.6. The molecule has 5 aromatic rings. The molecular weight excluding hydrogens is 654 g/mol. The third kappa shape index (κ3) is 5.61. The molecule has 2 aromatic carbocycles. The monoisotopic (exact) mass is 672 g/mol. The zero-order valence-corrected chi connectivity index (χ0v) is 26.3. The number of ether oxygens (including phenoxy) is 1. The van der Waals surface area contributed by atoms with Crippen LogP contribution in [-0.4, -0.2) is 17.1 Å². The van der Waals surface area contributed by atoms with Crippen LogP contribution in [-0.2, 0) is 9.53 Å². The molecule has 0 unspecified atom stereocenters. The van der Waals surface area contributed by atoms with E-state index in [1.54, 1.807) is 80.6 Å². The zero-order valence-electron chi connectivity index (χ0n) is 22.5. The lowest BCUT2D eigenvalue weighted by Gasteiger charge is -2.22. The Morgan fingerprint density at radius 3 is 2.51 bits per heavy atom. The predicted octanol–water partition coefficient (Wildman–Crippen LogP) is 7.93. The van der Waals surface area contributed by atoms with Crippen molar-refractivity contribution >= 4 is 69.8 Å². The Balaban J connectivity index is 1.46. The maximum absolute atomic E-state index is 13.9. The van der Waals surface area contributed by atoms with E-state index in [-0.39, 0.29) is 17.7 Å². The van der Waals surface area contributed by atoms with Gasteiger partial charge in [0.2, 0.25) is 0 Å². The van der Waals surface area contributed by atoms with Gasteiger partial charge in [0.05, 0.1) is 37.5 Å². The second-order valence-corrected chi connectivity index (χ2v) is 12.1. The molecule has 3 aromatic heterocycles. The number of allylic oxidation sites excluding steroid dienone is 1. The number of fused-ring (bicyclic) bond motifs is 1. The number of halogens is 4. The molecule has 0 saturated heterocycles. The second-order valence-electron chi connectivity index (χ2n) is 9.46. The van der Waals surface area contributed by atoms with Crippen LogP contribution in [0, 0.1) is 0 Å². The molecule has 7 nitrogen and oxygen atoms in total. The molecular formula is C31H20Cl4N2O5S. The van der Waals surface area contributed by atoms with E-state index in [4.69, 9.17) is 60.0 Å². The molecule has 0 amide bonds. The zero-order chi connectivity index (χ0) is 30.4. The largest absolute Gasteiger partial charge is 0.463 e. The maximum atomic E-state index is 13.9. The molecule has 0 saturated carbocycles. The fraction of sp³-hybridized carbons (Fsp3) is 0.129. The normalized spacial score (nSPS) is 15.0. The summed E-state index contributed by atoms with van der Waals surface area (Å²) in [5.74, 6) is 1.20. The SMILES string of the molecule is CCOC(=O)C1=C(C)N=c2s/c(=C\c3ccc(-c4ccc(Cl)cc4Cl)o3)c(=O)n2[C@@H]1c1ccc(-c2ccc(Cl)c(Cl)c2)o1. The number of thiazole rings is 1. The number of hydrogen-bond donors (Lipinski definition) is 0. The Bertz CT molecular complexity index is 2120.